The normalized spacial score (nSPS) is 19.9. The number of carbonyl (C=O) groups excluding carboxylic acids is 3. The number of carbonyl (C=O) groups is 4. The molecule has 2 aromatic rings. The fourth-order valence-corrected chi connectivity index (χ4v) is 3.83. The number of hydrogen-bond donors (Lipinski definition) is 1. The van der Waals surface area contributed by atoms with Gasteiger partial charge in [0.1, 0.15) is 5.60 Å². The van der Waals surface area contributed by atoms with Crippen LogP contribution in [0.25, 0.3) is 0 Å². The van der Waals surface area contributed by atoms with Crippen molar-refractivity contribution >= 4 is 39.7 Å². The summed E-state index contributed by atoms with van der Waals surface area (Å²) < 4.78 is 6.01. The van der Waals surface area contributed by atoms with Gasteiger partial charge in [-0.1, -0.05) is 46.3 Å². The van der Waals surface area contributed by atoms with Crippen LogP contribution in [-0.2, 0) is 9.53 Å². The Morgan fingerprint density at radius 1 is 1.03 bits per heavy atom. The zero-order chi connectivity index (χ0) is 23.0. The number of aliphatic carboxylic acids is 1. The molecular formula is C23H22BrNO6. The lowest BCUT2D eigenvalue weighted by atomic mass is 10.0. The number of Topliss-reactive ketones (excluding diaryl/α,β-unsaturated/α-hetero) is 1. The van der Waals surface area contributed by atoms with Crippen LogP contribution in [0.5, 0.6) is 0 Å². The third-order valence-electron chi connectivity index (χ3n) is 4.93. The van der Waals surface area contributed by atoms with E-state index in [1.54, 1.807) is 63.2 Å². The van der Waals surface area contributed by atoms with Crippen LogP contribution in [0.1, 0.15) is 47.9 Å². The predicted molar refractivity (Wildman–Crippen MR) is 116 cm³/mol. The van der Waals surface area contributed by atoms with E-state index in [9.17, 15) is 24.3 Å². The van der Waals surface area contributed by atoms with Gasteiger partial charge in [0.2, 0.25) is 0 Å². The lowest BCUT2D eigenvalue weighted by Gasteiger charge is -2.31. The smallest absolute Gasteiger partial charge is 0.418 e. The van der Waals surface area contributed by atoms with E-state index < -0.39 is 40.8 Å². The molecule has 8 heteroatoms. The van der Waals surface area contributed by atoms with Gasteiger partial charge in [-0.05, 0) is 51.5 Å². The summed E-state index contributed by atoms with van der Waals surface area (Å²) in [6.07, 6.45) is -1.29. The van der Waals surface area contributed by atoms with Crippen LogP contribution in [0.2, 0.25) is 0 Å². The SMILES string of the molecule is CC(C)(C)OC(=O)N(C(=O)c1ccccc1)C1(C(=O)O)CC1C(=O)c1cccc(Br)c1. The van der Waals surface area contributed by atoms with Gasteiger partial charge >= 0.3 is 12.1 Å². The first-order valence-electron chi connectivity index (χ1n) is 9.63. The van der Waals surface area contributed by atoms with E-state index in [2.05, 4.69) is 15.9 Å². The van der Waals surface area contributed by atoms with Crippen LogP contribution in [0.15, 0.2) is 59.1 Å². The summed E-state index contributed by atoms with van der Waals surface area (Å²) in [6, 6.07) is 14.4. The number of amides is 2. The number of carboxylic acid groups (broad SMARTS) is 1. The number of benzene rings is 2. The number of imide groups is 1. The Balaban J connectivity index is 2.04. The highest BCUT2D eigenvalue weighted by molar-refractivity contribution is 9.10. The van der Waals surface area contributed by atoms with Crippen LogP contribution in [0.4, 0.5) is 4.79 Å². The van der Waals surface area contributed by atoms with Gasteiger partial charge in [-0.3, -0.25) is 9.59 Å². The predicted octanol–water partition coefficient (Wildman–Crippen LogP) is 4.55. The van der Waals surface area contributed by atoms with Crippen LogP contribution in [0.3, 0.4) is 0 Å². The molecule has 0 radical (unpaired) electrons. The molecule has 0 bridgehead atoms. The maximum absolute atomic E-state index is 13.3. The second kappa shape index (κ2) is 8.26. The van der Waals surface area contributed by atoms with Gasteiger partial charge in [0.05, 0.1) is 5.92 Å². The van der Waals surface area contributed by atoms with E-state index in [0.717, 1.165) is 0 Å². The maximum atomic E-state index is 13.3. The van der Waals surface area contributed by atoms with Crippen molar-refractivity contribution in [3.05, 3.63) is 70.2 Å². The Labute approximate surface area is 188 Å². The van der Waals surface area contributed by atoms with Crippen LogP contribution in [0, 0.1) is 5.92 Å². The fraction of sp³-hybridized carbons (Fsp3) is 0.304. The molecule has 1 N–H and O–H groups in total. The topological polar surface area (TPSA) is 101 Å². The first kappa shape index (κ1) is 22.7. The maximum Gasteiger partial charge on any atom is 0.418 e. The highest BCUT2D eigenvalue weighted by Gasteiger charge is 2.71. The summed E-state index contributed by atoms with van der Waals surface area (Å²) in [5.74, 6) is -3.81. The van der Waals surface area contributed by atoms with Gasteiger partial charge in [-0.2, -0.15) is 0 Å². The minimum atomic E-state index is -2.02. The summed E-state index contributed by atoms with van der Waals surface area (Å²) in [5.41, 5.74) is -2.58. The molecule has 1 saturated carbocycles. The highest BCUT2D eigenvalue weighted by Crippen LogP contribution is 2.51. The zero-order valence-corrected chi connectivity index (χ0v) is 18.9. The molecule has 2 unspecified atom stereocenters. The minimum absolute atomic E-state index is 0.120. The molecule has 0 aliphatic heterocycles. The quantitative estimate of drug-likeness (QED) is 0.620. The van der Waals surface area contributed by atoms with Gasteiger partial charge in [0.25, 0.3) is 5.91 Å². The van der Waals surface area contributed by atoms with Crippen molar-refractivity contribution in [2.75, 3.05) is 0 Å². The second-order valence-corrected chi connectivity index (χ2v) is 9.26. The standard InChI is InChI=1S/C23H22BrNO6/c1-22(2,3)31-21(30)25(19(27)14-8-5-4-6-9-14)23(20(28)29)13-17(23)18(26)15-10-7-11-16(24)12-15/h4-12,17H,13H2,1-3H3,(H,28,29). The highest BCUT2D eigenvalue weighted by atomic mass is 79.9. The summed E-state index contributed by atoms with van der Waals surface area (Å²) in [7, 11) is 0. The van der Waals surface area contributed by atoms with E-state index >= 15 is 0 Å². The number of ether oxygens (including phenoxy) is 1. The molecule has 162 valence electrons. The lowest BCUT2D eigenvalue weighted by Crippen LogP contribution is -2.54. The van der Waals surface area contributed by atoms with Crippen molar-refractivity contribution in [3.63, 3.8) is 0 Å². The van der Waals surface area contributed by atoms with Gasteiger partial charge in [-0.15, -0.1) is 0 Å². The molecule has 2 amide bonds. The summed E-state index contributed by atoms with van der Waals surface area (Å²) in [6.45, 7) is 4.83. The first-order chi connectivity index (χ1) is 14.5. The van der Waals surface area contributed by atoms with Crippen LogP contribution in [-0.4, -0.2) is 44.9 Å². The third kappa shape index (κ3) is 4.54. The molecule has 0 saturated heterocycles. The molecule has 1 aliphatic carbocycles. The Bertz CT molecular complexity index is 1050. The minimum Gasteiger partial charge on any atom is -0.479 e. The Morgan fingerprint density at radius 2 is 1.65 bits per heavy atom. The molecule has 0 aromatic heterocycles. The van der Waals surface area contributed by atoms with Crippen molar-refractivity contribution in [2.45, 2.75) is 38.3 Å². The largest absolute Gasteiger partial charge is 0.479 e. The van der Waals surface area contributed by atoms with Crippen molar-refractivity contribution in [1.29, 1.82) is 0 Å². The van der Waals surface area contributed by atoms with Crippen LogP contribution >= 0.6 is 15.9 Å². The molecule has 7 nitrogen and oxygen atoms in total. The Hall–Kier alpha value is -3.00. The van der Waals surface area contributed by atoms with Crippen molar-refractivity contribution < 1.29 is 29.0 Å². The first-order valence-corrected chi connectivity index (χ1v) is 10.4. The number of carboxylic acids is 1. The van der Waals surface area contributed by atoms with Crippen molar-refractivity contribution in [1.82, 2.24) is 4.90 Å². The Morgan fingerprint density at radius 3 is 2.19 bits per heavy atom. The van der Waals surface area contributed by atoms with Gasteiger partial charge < -0.3 is 9.84 Å². The Kier molecular flexibility index (Phi) is 6.04. The van der Waals surface area contributed by atoms with Crippen molar-refractivity contribution in [3.8, 4) is 0 Å². The van der Waals surface area contributed by atoms with E-state index in [0.29, 0.717) is 14.9 Å². The molecule has 1 aliphatic rings. The van der Waals surface area contributed by atoms with Gasteiger partial charge in [0, 0.05) is 15.6 Å². The summed E-state index contributed by atoms with van der Waals surface area (Å²) >= 11 is 3.29. The molecule has 31 heavy (non-hydrogen) atoms. The molecule has 0 spiro atoms. The number of halogens is 1. The van der Waals surface area contributed by atoms with Crippen LogP contribution < -0.4 is 0 Å². The monoisotopic (exact) mass is 487 g/mol. The lowest BCUT2D eigenvalue weighted by molar-refractivity contribution is -0.144. The van der Waals surface area contributed by atoms with E-state index in [-0.39, 0.29) is 12.0 Å². The van der Waals surface area contributed by atoms with Crippen molar-refractivity contribution in [2.24, 2.45) is 5.92 Å². The molecule has 2 atom stereocenters. The van der Waals surface area contributed by atoms with Gasteiger partial charge in [0.15, 0.2) is 11.3 Å². The summed E-state index contributed by atoms with van der Waals surface area (Å²) in [4.78, 5) is 52.3. The molecule has 3 rings (SSSR count). The fourth-order valence-electron chi connectivity index (χ4n) is 3.43. The number of nitrogens with zero attached hydrogens (tertiary/aromatic N) is 1. The molecule has 1 fully saturated rings. The number of hydrogen-bond acceptors (Lipinski definition) is 5. The molecule has 2 aromatic carbocycles. The average Bonchev–Trinajstić information content (AvgIpc) is 3.43. The zero-order valence-electron chi connectivity index (χ0n) is 17.3. The van der Waals surface area contributed by atoms with E-state index in [1.807, 2.05) is 0 Å². The second-order valence-electron chi connectivity index (χ2n) is 8.35. The molecule has 0 heterocycles. The average molecular weight is 488 g/mol. The number of rotatable bonds is 5. The number of ketones is 1. The van der Waals surface area contributed by atoms with E-state index in [4.69, 9.17) is 4.74 Å². The molecular weight excluding hydrogens is 466 g/mol. The third-order valence-corrected chi connectivity index (χ3v) is 5.42. The van der Waals surface area contributed by atoms with E-state index in [1.165, 1.54) is 12.1 Å². The van der Waals surface area contributed by atoms with Gasteiger partial charge in [-0.25, -0.2) is 14.5 Å². The summed E-state index contributed by atoms with van der Waals surface area (Å²) in [5, 5.41) is 10.1.